The SMILES string of the molecule is CCCNC(Cc1cc(C)nn1CC)C1CCOC1C. The molecular formula is C16H29N3O. The van der Waals surface area contributed by atoms with Gasteiger partial charge < -0.3 is 10.1 Å². The molecule has 1 N–H and O–H groups in total. The van der Waals surface area contributed by atoms with Crippen molar-refractivity contribution in [3.63, 3.8) is 0 Å². The van der Waals surface area contributed by atoms with Gasteiger partial charge in [0.2, 0.25) is 0 Å². The molecule has 1 aromatic heterocycles. The van der Waals surface area contributed by atoms with Crippen LogP contribution in [0.25, 0.3) is 0 Å². The smallest absolute Gasteiger partial charge is 0.0596 e. The third kappa shape index (κ3) is 3.61. The highest BCUT2D eigenvalue weighted by atomic mass is 16.5. The van der Waals surface area contributed by atoms with Crippen LogP contribution in [0.3, 0.4) is 0 Å². The van der Waals surface area contributed by atoms with E-state index in [4.69, 9.17) is 4.74 Å². The Balaban J connectivity index is 2.09. The van der Waals surface area contributed by atoms with Crippen molar-refractivity contribution in [2.45, 2.75) is 65.6 Å². The fourth-order valence-corrected chi connectivity index (χ4v) is 3.24. The first kappa shape index (κ1) is 15.5. The van der Waals surface area contributed by atoms with Crippen molar-refractivity contribution in [1.82, 2.24) is 15.1 Å². The molecule has 2 rings (SSSR count). The highest BCUT2D eigenvalue weighted by molar-refractivity contribution is 5.11. The lowest BCUT2D eigenvalue weighted by molar-refractivity contribution is 0.0951. The third-order valence-electron chi connectivity index (χ3n) is 4.32. The zero-order chi connectivity index (χ0) is 14.5. The van der Waals surface area contributed by atoms with Crippen LogP contribution in [-0.2, 0) is 17.7 Å². The summed E-state index contributed by atoms with van der Waals surface area (Å²) in [4.78, 5) is 0. The Bertz CT molecular complexity index is 416. The number of aryl methyl sites for hydroxylation is 2. The second kappa shape index (κ2) is 7.23. The van der Waals surface area contributed by atoms with Gasteiger partial charge in [-0.25, -0.2) is 0 Å². The first-order valence-corrected chi connectivity index (χ1v) is 8.04. The molecule has 0 amide bonds. The van der Waals surface area contributed by atoms with Gasteiger partial charge in [-0.1, -0.05) is 6.92 Å². The minimum atomic E-state index is 0.364. The van der Waals surface area contributed by atoms with E-state index in [2.05, 4.69) is 48.9 Å². The van der Waals surface area contributed by atoms with Crippen molar-refractivity contribution in [1.29, 1.82) is 0 Å². The molecule has 4 nitrogen and oxygen atoms in total. The van der Waals surface area contributed by atoms with Crippen LogP contribution in [0.5, 0.6) is 0 Å². The lowest BCUT2D eigenvalue weighted by atomic mass is 9.90. The first-order valence-electron chi connectivity index (χ1n) is 8.04. The van der Waals surface area contributed by atoms with Crippen LogP contribution < -0.4 is 5.32 Å². The normalized spacial score (nSPS) is 24.2. The topological polar surface area (TPSA) is 39.1 Å². The van der Waals surface area contributed by atoms with Crippen LogP contribution in [0.1, 0.15) is 45.0 Å². The number of ether oxygens (including phenoxy) is 1. The van der Waals surface area contributed by atoms with E-state index in [1.165, 1.54) is 18.5 Å². The van der Waals surface area contributed by atoms with Crippen LogP contribution in [0.15, 0.2) is 6.07 Å². The third-order valence-corrected chi connectivity index (χ3v) is 4.32. The Morgan fingerprint density at radius 2 is 2.30 bits per heavy atom. The largest absolute Gasteiger partial charge is 0.378 e. The number of nitrogens with one attached hydrogen (secondary N) is 1. The minimum Gasteiger partial charge on any atom is -0.378 e. The lowest BCUT2D eigenvalue weighted by Crippen LogP contribution is -2.41. The average Bonchev–Trinajstić information content (AvgIpc) is 3.00. The molecule has 3 atom stereocenters. The zero-order valence-corrected chi connectivity index (χ0v) is 13.4. The summed E-state index contributed by atoms with van der Waals surface area (Å²) in [5.74, 6) is 0.613. The zero-order valence-electron chi connectivity index (χ0n) is 13.4. The first-order chi connectivity index (χ1) is 9.65. The minimum absolute atomic E-state index is 0.364. The number of hydrogen-bond acceptors (Lipinski definition) is 3. The van der Waals surface area contributed by atoms with E-state index in [0.717, 1.165) is 31.8 Å². The summed E-state index contributed by atoms with van der Waals surface area (Å²) in [6, 6.07) is 2.72. The predicted octanol–water partition coefficient (Wildman–Crippen LogP) is 2.55. The van der Waals surface area contributed by atoms with Gasteiger partial charge >= 0.3 is 0 Å². The summed E-state index contributed by atoms with van der Waals surface area (Å²) in [5, 5.41) is 8.30. The average molecular weight is 279 g/mol. The van der Waals surface area contributed by atoms with Gasteiger partial charge in [0.05, 0.1) is 11.8 Å². The maximum atomic E-state index is 5.76. The Labute approximate surface area is 122 Å². The predicted molar refractivity (Wildman–Crippen MR) is 81.9 cm³/mol. The van der Waals surface area contributed by atoms with Crippen LogP contribution in [0, 0.1) is 12.8 Å². The Morgan fingerprint density at radius 3 is 2.90 bits per heavy atom. The molecule has 0 bridgehead atoms. The summed E-state index contributed by atoms with van der Waals surface area (Å²) in [7, 11) is 0. The highest BCUT2D eigenvalue weighted by Crippen LogP contribution is 2.26. The monoisotopic (exact) mass is 279 g/mol. The van der Waals surface area contributed by atoms with Gasteiger partial charge in [0.25, 0.3) is 0 Å². The van der Waals surface area contributed by atoms with E-state index < -0.39 is 0 Å². The van der Waals surface area contributed by atoms with Gasteiger partial charge in [-0.3, -0.25) is 4.68 Å². The fourth-order valence-electron chi connectivity index (χ4n) is 3.24. The number of hydrogen-bond donors (Lipinski definition) is 1. The van der Waals surface area contributed by atoms with Crippen LogP contribution in [-0.4, -0.2) is 35.1 Å². The lowest BCUT2D eigenvalue weighted by Gasteiger charge is -2.27. The molecule has 4 heteroatoms. The van der Waals surface area contributed by atoms with Gasteiger partial charge in [0.1, 0.15) is 0 Å². The van der Waals surface area contributed by atoms with Gasteiger partial charge in [-0.15, -0.1) is 0 Å². The fraction of sp³-hybridized carbons (Fsp3) is 0.812. The number of nitrogens with zero attached hydrogens (tertiary/aromatic N) is 2. The summed E-state index contributed by atoms with van der Waals surface area (Å²) in [6.07, 6.45) is 3.75. The molecule has 3 unspecified atom stereocenters. The van der Waals surface area contributed by atoms with Crippen molar-refractivity contribution < 1.29 is 4.74 Å². The molecule has 2 heterocycles. The second-order valence-corrected chi connectivity index (χ2v) is 5.89. The molecule has 0 saturated carbocycles. The summed E-state index contributed by atoms with van der Waals surface area (Å²) >= 11 is 0. The maximum absolute atomic E-state index is 5.76. The quantitative estimate of drug-likeness (QED) is 0.833. The Morgan fingerprint density at radius 1 is 1.50 bits per heavy atom. The molecule has 0 aromatic carbocycles. The van der Waals surface area contributed by atoms with Gasteiger partial charge in [-0.05, 0) is 46.2 Å². The molecule has 0 radical (unpaired) electrons. The molecule has 0 aliphatic carbocycles. The molecule has 1 saturated heterocycles. The highest BCUT2D eigenvalue weighted by Gasteiger charge is 2.32. The van der Waals surface area contributed by atoms with Crippen molar-refractivity contribution in [3.05, 3.63) is 17.5 Å². The Kier molecular flexibility index (Phi) is 5.61. The molecule has 1 aliphatic rings. The number of aromatic nitrogens is 2. The van der Waals surface area contributed by atoms with Crippen LogP contribution in [0.4, 0.5) is 0 Å². The van der Waals surface area contributed by atoms with Crippen molar-refractivity contribution in [2.24, 2.45) is 5.92 Å². The molecule has 1 aromatic rings. The molecule has 1 aliphatic heterocycles. The van der Waals surface area contributed by atoms with Gasteiger partial charge in [0.15, 0.2) is 0 Å². The van der Waals surface area contributed by atoms with E-state index in [1.54, 1.807) is 0 Å². The number of rotatable bonds is 7. The van der Waals surface area contributed by atoms with Crippen molar-refractivity contribution in [3.8, 4) is 0 Å². The molecule has 0 spiro atoms. The standard InChI is InChI=1S/C16H29N3O/c1-5-8-17-16(15-7-9-20-13(15)4)11-14-10-12(3)18-19(14)6-2/h10,13,15-17H,5-9,11H2,1-4H3. The van der Waals surface area contributed by atoms with Gasteiger partial charge in [0, 0.05) is 37.2 Å². The molecule has 1 fully saturated rings. The summed E-state index contributed by atoms with van der Waals surface area (Å²) in [5.41, 5.74) is 2.46. The summed E-state index contributed by atoms with van der Waals surface area (Å²) < 4.78 is 7.90. The van der Waals surface area contributed by atoms with Gasteiger partial charge in [-0.2, -0.15) is 5.10 Å². The molecule has 20 heavy (non-hydrogen) atoms. The second-order valence-electron chi connectivity index (χ2n) is 5.89. The summed E-state index contributed by atoms with van der Waals surface area (Å²) in [6.45, 7) is 11.6. The van der Waals surface area contributed by atoms with Crippen molar-refractivity contribution >= 4 is 0 Å². The van der Waals surface area contributed by atoms with E-state index in [9.17, 15) is 0 Å². The van der Waals surface area contributed by atoms with E-state index in [1.807, 2.05) is 0 Å². The Hall–Kier alpha value is -0.870. The maximum Gasteiger partial charge on any atom is 0.0596 e. The van der Waals surface area contributed by atoms with Crippen LogP contribution in [0.2, 0.25) is 0 Å². The van der Waals surface area contributed by atoms with Crippen LogP contribution >= 0.6 is 0 Å². The van der Waals surface area contributed by atoms with Crippen molar-refractivity contribution in [2.75, 3.05) is 13.2 Å². The van der Waals surface area contributed by atoms with E-state index >= 15 is 0 Å². The molecular weight excluding hydrogens is 250 g/mol. The van der Waals surface area contributed by atoms with E-state index in [-0.39, 0.29) is 0 Å². The molecule has 114 valence electrons. The van der Waals surface area contributed by atoms with E-state index in [0.29, 0.717) is 18.1 Å².